The summed E-state index contributed by atoms with van der Waals surface area (Å²) in [5, 5.41) is 12.7. The molecule has 3 aromatic rings. The molecule has 1 amide bonds. The van der Waals surface area contributed by atoms with Gasteiger partial charge in [-0.05, 0) is 40.3 Å². The van der Waals surface area contributed by atoms with Crippen LogP contribution in [0, 0.1) is 11.3 Å². The van der Waals surface area contributed by atoms with Gasteiger partial charge in [-0.3, -0.25) is 10.1 Å². The molecule has 0 atom stereocenters. The fourth-order valence-corrected chi connectivity index (χ4v) is 3.92. The molecule has 0 radical (unpaired) electrons. The number of nitriles is 1. The lowest BCUT2D eigenvalue weighted by molar-refractivity contribution is -0.112. The largest absolute Gasteiger partial charge is 0.297 e. The van der Waals surface area contributed by atoms with Gasteiger partial charge in [-0.25, -0.2) is 4.98 Å². The van der Waals surface area contributed by atoms with Gasteiger partial charge in [0, 0.05) is 22.0 Å². The lowest BCUT2D eigenvalue weighted by Crippen LogP contribution is -2.13. The van der Waals surface area contributed by atoms with Crippen molar-refractivity contribution in [3.05, 3.63) is 86.3 Å². The molecule has 0 aliphatic rings. The Hall–Kier alpha value is -2.75. The van der Waals surface area contributed by atoms with Crippen LogP contribution in [0.4, 0.5) is 5.13 Å². The zero-order chi connectivity index (χ0) is 21.7. The van der Waals surface area contributed by atoms with Crippen molar-refractivity contribution in [2.45, 2.75) is 32.6 Å². The van der Waals surface area contributed by atoms with Gasteiger partial charge in [-0.15, -0.1) is 11.3 Å². The van der Waals surface area contributed by atoms with Gasteiger partial charge in [0.15, 0.2) is 5.13 Å². The number of halogens is 1. The summed E-state index contributed by atoms with van der Waals surface area (Å²) in [4.78, 5) is 17.8. The number of nitrogens with zero attached hydrogens (tertiary/aromatic N) is 2. The summed E-state index contributed by atoms with van der Waals surface area (Å²) < 4.78 is 1.03. The van der Waals surface area contributed by atoms with Gasteiger partial charge in [0.25, 0.3) is 5.91 Å². The van der Waals surface area contributed by atoms with Crippen LogP contribution < -0.4 is 5.32 Å². The van der Waals surface area contributed by atoms with Gasteiger partial charge >= 0.3 is 0 Å². The third-order valence-electron chi connectivity index (χ3n) is 4.52. The molecule has 0 fully saturated rings. The van der Waals surface area contributed by atoms with Gasteiger partial charge in [0.05, 0.1) is 0 Å². The highest BCUT2D eigenvalue weighted by molar-refractivity contribution is 9.10. The third kappa shape index (κ3) is 5.88. The Bertz CT molecular complexity index is 1100. The number of aromatic nitrogens is 1. The van der Waals surface area contributed by atoms with Crippen molar-refractivity contribution in [3.8, 4) is 6.07 Å². The molecule has 0 bridgehead atoms. The number of carbonyl (C=O) groups is 1. The number of nitrogens with one attached hydrogen (secondary N) is 1. The third-order valence-corrected chi connectivity index (χ3v) is 5.96. The highest BCUT2D eigenvalue weighted by Gasteiger charge is 2.14. The highest BCUT2D eigenvalue weighted by Crippen LogP contribution is 2.24. The van der Waals surface area contributed by atoms with Crippen molar-refractivity contribution in [2.75, 3.05) is 5.32 Å². The molecular formula is C24H22BrN3OS. The lowest BCUT2D eigenvalue weighted by atomic mass is 9.86. The van der Waals surface area contributed by atoms with Crippen LogP contribution >= 0.6 is 27.3 Å². The second-order valence-electron chi connectivity index (χ2n) is 7.93. The van der Waals surface area contributed by atoms with Gasteiger partial charge in [-0.1, -0.05) is 73.1 Å². The predicted octanol–water partition coefficient (Wildman–Crippen LogP) is 6.34. The lowest BCUT2D eigenvalue weighted by Gasteiger charge is -2.18. The molecule has 0 aliphatic carbocycles. The van der Waals surface area contributed by atoms with E-state index in [0.29, 0.717) is 5.13 Å². The van der Waals surface area contributed by atoms with Crippen LogP contribution in [-0.2, 0) is 16.6 Å². The van der Waals surface area contributed by atoms with Crippen LogP contribution in [0.5, 0.6) is 0 Å². The van der Waals surface area contributed by atoms with E-state index in [0.717, 1.165) is 26.9 Å². The van der Waals surface area contributed by atoms with Crippen LogP contribution in [-0.4, -0.2) is 10.9 Å². The molecule has 1 heterocycles. The molecule has 0 spiro atoms. The Balaban J connectivity index is 1.68. The maximum Gasteiger partial charge on any atom is 0.268 e. The number of rotatable bonds is 5. The molecule has 0 aliphatic heterocycles. The minimum Gasteiger partial charge on any atom is -0.297 e. The molecule has 0 unspecified atom stereocenters. The number of amides is 1. The molecule has 3 rings (SSSR count). The number of thiazole rings is 1. The fourth-order valence-electron chi connectivity index (χ4n) is 2.81. The Morgan fingerprint density at radius 2 is 1.83 bits per heavy atom. The van der Waals surface area contributed by atoms with Crippen molar-refractivity contribution in [3.63, 3.8) is 0 Å². The van der Waals surface area contributed by atoms with Gasteiger partial charge < -0.3 is 0 Å². The van der Waals surface area contributed by atoms with Crippen molar-refractivity contribution in [2.24, 2.45) is 0 Å². The molecule has 1 aromatic heterocycles. The molecule has 6 heteroatoms. The minimum absolute atomic E-state index is 0.0446. The molecule has 0 saturated heterocycles. The van der Waals surface area contributed by atoms with E-state index in [4.69, 9.17) is 0 Å². The van der Waals surface area contributed by atoms with E-state index in [1.807, 2.05) is 54.6 Å². The highest BCUT2D eigenvalue weighted by atomic mass is 79.9. The van der Waals surface area contributed by atoms with Crippen molar-refractivity contribution in [1.82, 2.24) is 4.98 Å². The quantitative estimate of drug-likeness (QED) is 0.342. The topological polar surface area (TPSA) is 65.8 Å². The van der Waals surface area contributed by atoms with Crippen molar-refractivity contribution >= 4 is 44.4 Å². The summed E-state index contributed by atoms with van der Waals surface area (Å²) in [7, 11) is 0. The first-order chi connectivity index (χ1) is 14.2. The smallest absolute Gasteiger partial charge is 0.268 e. The van der Waals surface area contributed by atoms with E-state index < -0.39 is 5.91 Å². The summed E-state index contributed by atoms with van der Waals surface area (Å²) in [6.07, 6.45) is 4.09. The van der Waals surface area contributed by atoms with E-state index in [1.165, 1.54) is 16.9 Å². The Kier molecular flexibility index (Phi) is 6.86. The Labute approximate surface area is 189 Å². The maximum absolute atomic E-state index is 12.5. The van der Waals surface area contributed by atoms with E-state index in [1.54, 1.807) is 12.3 Å². The van der Waals surface area contributed by atoms with Gasteiger partial charge in [-0.2, -0.15) is 5.26 Å². The molecule has 152 valence electrons. The Morgan fingerprint density at radius 3 is 2.43 bits per heavy atom. The van der Waals surface area contributed by atoms with Crippen LogP contribution in [0.1, 0.15) is 42.3 Å². The first kappa shape index (κ1) is 21.9. The molecular weight excluding hydrogens is 458 g/mol. The van der Waals surface area contributed by atoms with Gasteiger partial charge in [0.2, 0.25) is 0 Å². The van der Waals surface area contributed by atoms with Crippen molar-refractivity contribution in [1.29, 1.82) is 5.26 Å². The minimum atomic E-state index is -0.457. The second-order valence-corrected chi connectivity index (χ2v) is 9.96. The summed E-state index contributed by atoms with van der Waals surface area (Å²) in [6, 6.07) is 18.0. The SMILES string of the molecule is CC(C)(C)c1ccc(/C=C(\C#N)C(=O)Nc2ncc(Cc3ccc(Br)cc3)s2)cc1. The number of hydrogen-bond donors (Lipinski definition) is 1. The molecule has 30 heavy (non-hydrogen) atoms. The fraction of sp³-hybridized carbons (Fsp3) is 0.208. The van der Waals surface area contributed by atoms with Crippen LogP contribution in [0.25, 0.3) is 6.08 Å². The van der Waals surface area contributed by atoms with E-state index in [-0.39, 0.29) is 11.0 Å². The van der Waals surface area contributed by atoms with Gasteiger partial charge in [0.1, 0.15) is 11.6 Å². The second kappa shape index (κ2) is 9.38. The first-order valence-electron chi connectivity index (χ1n) is 9.47. The average molecular weight is 480 g/mol. The number of hydrogen-bond acceptors (Lipinski definition) is 4. The molecule has 1 N–H and O–H groups in total. The monoisotopic (exact) mass is 479 g/mol. The van der Waals surface area contributed by atoms with Crippen LogP contribution in [0.2, 0.25) is 0 Å². The van der Waals surface area contributed by atoms with E-state index in [9.17, 15) is 10.1 Å². The standard InChI is InChI=1S/C24H22BrN3OS/c1-24(2,3)19-8-4-16(5-9-19)12-18(14-26)22(29)28-23-27-15-21(30-23)13-17-6-10-20(25)11-7-17/h4-12,15H,13H2,1-3H3,(H,27,28,29)/b18-12+. The van der Waals surface area contributed by atoms with Crippen LogP contribution in [0.3, 0.4) is 0 Å². The first-order valence-corrected chi connectivity index (χ1v) is 11.1. The van der Waals surface area contributed by atoms with E-state index in [2.05, 4.69) is 47.0 Å². The summed E-state index contributed by atoms with van der Waals surface area (Å²) in [6.45, 7) is 6.43. The molecule has 0 saturated carbocycles. The predicted molar refractivity (Wildman–Crippen MR) is 126 cm³/mol. The number of benzene rings is 2. The van der Waals surface area contributed by atoms with E-state index >= 15 is 0 Å². The zero-order valence-corrected chi connectivity index (χ0v) is 19.5. The molecule has 4 nitrogen and oxygen atoms in total. The normalized spacial score (nSPS) is 11.8. The van der Waals surface area contributed by atoms with Crippen LogP contribution in [0.15, 0.2) is 64.8 Å². The number of anilines is 1. The van der Waals surface area contributed by atoms with Crippen molar-refractivity contribution < 1.29 is 4.79 Å². The maximum atomic E-state index is 12.5. The Morgan fingerprint density at radius 1 is 1.17 bits per heavy atom. The number of carbonyl (C=O) groups excluding carboxylic acids is 1. The zero-order valence-electron chi connectivity index (χ0n) is 17.1. The molecule has 2 aromatic carbocycles. The average Bonchev–Trinajstić information content (AvgIpc) is 3.14. The summed E-state index contributed by atoms with van der Waals surface area (Å²) in [5.74, 6) is -0.457. The summed E-state index contributed by atoms with van der Waals surface area (Å²) in [5.41, 5.74) is 3.27. The summed E-state index contributed by atoms with van der Waals surface area (Å²) >= 11 is 4.84.